The third-order valence-electron chi connectivity index (χ3n) is 7.44. The molecule has 9 heteroatoms. The summed E-state index contributed by atoms with van der Waals surface area (Å²) in [6.07, 6.45) is 7.83. The van der Waals surface area contributed by atoms with Crippen LogP contribution in [0.15, 0.2) is 72.9 Å². The summed E-state index contributed by atoms with van der Waals surface area (Å²) in [5.74, 6) is -1.39. The van der Waals surface area contributed by atoms with Crippen LogP contribution < -0.4 is 16.8 Å². The molecule has 2 aromatic heterocycles. The van der Waals surface area contributed by atoms with Gasteiger partial charge in [0.15, 0.2) is 0 Å². The van der Waals surface area contributed by atoms with E-state index in [4.69, 9.17) is 15.9 Å². The molecule has 2 heterocycles. The predicted octanol–water partition coefficient (Wildman–Crippen LogP) is 5.42. The SMILES string of the molecule is Cc1nn(-c2ccc(C(N)=O)c(NC3CCCCC3)c2)c2cccc(-c3cnc4ccccc4c3)c12.NCC(=O)O. The van der Waals surface area contributed by atoms with Gasteiger partial charge in [0.1, 0.15) is 0 Å². The number of nitrogens with two attached hydrogens (primary N) is 2. The minimum Gasteiger partial charge on any atom is -0.480 e. The molecule has 6 N–H and O–H groups in total. The topological polar surface area (TPSA) is 149 Å². The summed E-state index contributed by atoms with van der Waals surface area (Å²) in [5, 5.41) is 18.3. The van der Waals surface area contributed by atoms with Crippen LogP contribution >= 0.6 is 0 Å². The van der Waals surface area contributed by atoms with Gasteiger partial charge in [-0.15, -0.1) is 0 Å². The summed E-state index contributed by atoms with van der Waals surface area (Å²) in [4.78, 5) is 26.1. The highest BCUT2D eigenvalue weighted by Gasteiger charge is 2.19. The van der Waals surface area contributed by atoms with E-state index in [9.17, 15) is 9.59 Å². The zero-order valence-electron chi connectivity index (χ0n) is 23.0. The molecule has 0 spiro atoms. The van der Waals surface area contributed by atoms with E-state index >= 15 is 0 Å². The molecule has 41 heavy (non-hydrogen) atoms. The predicted molar refractivity (Wildman–Crippen MR) is 162 cm³/mol. The number of carbonyl (C=O) groups excluding carboxylic acids is 1. The highest BCUT2D eigenvalue weighted by atomic mass is 16.4. The highest BCUT2D eigenvalue weighted by Crippen LogP contribution is 2.34. The van der Waals surface area contributed by atoms with Crippen molar-refractivity contribution in [1.82, 2.24) is 14.8 Å². The largest absolute Gasteiger partial charge is 0.480 e. The standard InChI is InChI=1S/C30H29N5O.C2H5NO2/c1-19-29-24(21-16-20-8-5-6-12-26(20)32-18-21)11-7-13-28(29)35(34-19)23-14-15-25(30(31)36)27(17-23)33-22-9-3-2-4-10-22;3-1-2(4)5/h5-8,11-18,22,33H,2-4,9-10H2,1H3,(H2,31,36);1,3H2,(H,4,5). The van der Waals surface area contributed by atoms with Crippen molar-refractivity contribution >= 4 is 39.4 Å². The smallest absolute Gasteiger partial charge is 0.317 e. The van der Waals surface area contributed by atoms with Crippen LogP contribution in [-0.4, -0.2) is 44.3 Å². The molecule has 6 rings (SSSR count). The van der Waals surface area contributed by atoms with Crippen molar-refractivity contribution in [2.75, 3.05) is 11.9 Å². The van der Waals surface area contributed by atoms with Crippen molar-refractivity contribution in [1.29, 1.82) is 0 Å². The number of aryl methyl sites for hydroxylation is 1. The molecule has 0 radical (unpaired) electrons. The first-order valence-electron chi connectivity index (χ1n) is 13.8. The molecule has 1 aliphatic carbocycles. The average molecular weight is 551 g/mol. The van der Waals surface area contributed by atoms with Gasteiger partial charge in [-0.05, 0) is 61.7 Å². The Morgan fingerprint density at radius 2 is 1.78 bits per heavy atom. The number of carbonyl (C=O) groups is 2. The highest BCUT2D eigenvalue weighted by molar-refractivity contribution is 6.00. The Hall–Kier alpha value is -4.76. The number of nitrogens with zero attached hydrogens (tertiary/aromatic N) is 3. The maximum absolute atomic E-state index is 12.2. The van der Waals surface area contributed by atoms with E-state index in [0.29, 0.717) is 11.6 Å². The molecule has 0 unspecified atom stereocenters. The monoisotopic (exact) mass is 550 g/mol. The molecule has 1 amide bonds. The summed E-state index contributed by atoms with van der Waals surface area (Å²) < 4.78 is 1.96. The van der Waals surface area contributed by atoms with Crippen molar-refractivity contribution in [3.05, 3.63) is 84.2 Å². The number of anilines is 1. The van der Waals surface area contributed by atoms with Gasteiger partial charge in [-0.2, -0.15) is 5.10 Å². The zero-order chi connectivity index (χ0) is 28.9. The molecule has 3 aromatic carbocycles. The van der Waals surface area contributed by atoms with Gasteiger partial charge in [0.05, 0.1) is 34.5 Å². The van der Waals surface area contributed by atoms with Crippen LogP contribution in [0, 0.1) is 6.92 Å². The van der Waals surface area contributed by atoms with Crippen molar-refractivity contribution in [3.63, 3.8) is 0 Å². The Labute approximate surface area is 238 Å². The second-order valence-electron chi connectivity index (χ2n) is 10.3. The molecular weight excluding hydrogens is 516 g/mol. The molecule has 210 valence electrons. The molecule has 9 nitrogen and oxygen atoms in total. The van der Waals surface area contributed by atoms with Gasteiger partial charge in [0.25, 0.3) is 5.91 Å². The maximum Gasteiger partial charge on any atom is 0.317 e. The number of amides is 1. The number of hydrogen-bond acceptors (Lipinski definition) is 6. The van der Waals surface area contributed by atoms with Crippen molar-refractivity contribution in [2.24, 2.45) is 11.5 Å². The van der Waals surface area contributed by atoms with Gasteiger partial charge < -0.3 is 21.9 Å². The van der Waals surface area contributed by atoms with Gasteiger partial charge in [-0.1, -0.05) is 49.6 Å². The number of benzene rings is 3. The molecule has 1 fully saturated rings. The first-order chi connectivity index (χ1) is 19.9. The van der Waals surface area contributed by atoms with Gasteiger partial charge in [-0.25, -0.2) is 4.68 Å². The summed E-state index contributed by atoms with van der Waals surface area (Å²) in [6, 6.07) is 22.7. The van der Waals surface area contributed by atoms with Crippen LogP contribution in [0.1, 0.15) is 48.2 Å². The van der Waals surface area contributed by atoms with Crippen LogP contribution in [0.5, 0.6) is 0 Å². The van der Waals surface area contributed by atoms with E-state index in [0.717, 1.165) is 62.8 Å². The number of rotatable bonds is 6. The number of aliphatic carboxylic acids is 1. The first-order valence-corrected chi connectivity index (χ1v) is 13.8. The summed E-state index contributed by atoms with van der Waals surface area (Å²) in [5.41, 5.74) is 17.6. The quantitative estimate of drug-likeness (QED) is 0.220. The van der Waals surface area contributed by atoms with Crippen LogP contribution in [0.2, 0.25) is 0 Å². The lowest BCUT2D eigenvalue weighted by atomic mass is 9.95. The van der Waals surface area contributed by atoms with Crippen molar-refractivity contribution < 1.29 is 14.7 Å². The van der Waals surface area contributed by atoms with E-state index in [1.807, 2.05) is 54.2 Å². The number of hydrogen-bond donors (Lipinski definition) is 4. The number of fused-ring (bicyclic) bond motifs is 2. The molecule has 0 saturated heterocycles. The summed E-state index contributed by atoms with van der Waals surface area (Å²) in [7, 11) is 0. The molecular formula is C32H34N6O3. The maximum atomic E-state index is 12.2. The van der Waals surface area contributed by atoms with Crippen molar-refractivity contribution in [3.8, 4) is 16.8 Å². The van der Waals surface area contributed by atoms with Crippen LogP contribution in [0.25, 0.3) is 38.6 Å². The molecule has 0 bridgehead atoms. The van der Waals surface area contributed by atoms with Crippen LogP contribution in [0.4, 0.5) is 5.69 Å². The third-order valence-corrected chi connectivity index (χ3v) is 7.44. The second kappa shape index (κ2) is 12.2. The normalized spacial score (nSPS) is 13.5. The molecule has 0 aliphatic heterocycles. The molecule has 0 atom stereocenters. The lowest BCUT2D eigenvalue weighted by molar-refractivity contribution is -0.135. The number of para-hydroxylation sites is 1. The minimum absolute atomic E-state index is 0.278. The molecule has 1 saturated carbocycles. The Bertz CT molecular complexity index is 1720. The number of carboxylic acids is 1. The van der Waals surface area contributed by atoms with Gasteiger partial charge in [0.2, 0.25) is 0 Å². The van der Waals surface area contributed by atoms with E-state index in [1.165, 1.54) is 19.3 Å². The number of aromatic nitrogens is 3. The fraction of sp³-hybridized carbons (Fsp3) is 0.250. The van der Waals surface area contributed by atoms with Gasteiger partial charge in [0, 0.05) is 34.3 Å². The third kappa shape index (κ3) is 6.05. The number of primary amides is 1. The lowest BCUT2D eigenvalue weighted by Gasteiger charge is -2.25. The average Bonchev–Trinajstić information content (AvgIpc) is 3.34. The van der Waals surface area contributed by atoms with Crippen molar-refractivity contribution in [2.45, 2.75) is 45.1 Å². The van der Waals surface area contributed by atoms with Crippen LogP contribution in [0.3, 0.4) is 0 Å². The van der Waals surface area contributed by atoms with E-state index in [-0.39, 0.29) is 6.54 Å². The van der Waals surface area contributed by atoms with Crippen LogP contribution in [-0.2, 0) is 4.79 Å². The fourth-order valence-corrected chi connectivity index (χ4v) is 5.47. The van der Waals surface area contributed by atoms with E-state index in [2.05, 4.69) is 46.4 Å². The number of carboxylic acid groups (broad SMARTS) is 1. The minimum atomic E-state index is -0.968. The Kier molecular flexibility index (Phi) is 8.26. The Balaban J connectivity index is 0.000000623. The Morgan fingerprint density at radius 3 is 2.51 bits per heavy atom. The van der Waals surface area contributed by atoms with E-state index in [1.54, 1.807) is 0 Å². The summed E-state index contributed by atoms with van der Waals surface area (Å²) in [6.45, 7) is 1.76. The number of nitrogens with one attached hydrogen (secondary N) is 1. The zero-order valence-corrected chi connectivity index (χ0v) is 23.0. The molecule has 5 aromatic rings. The Morgan fingerprint density at radius 1 is 1.02 bits per heavy atom. The fourth-order valence-electron chi connectivity index (χ4n) is 5.47. The first kappa shape index (κ1) is 27.8. The van der Waals surface area contributed by atoms with Gasteiger partial charge in [-0.3, -0.25) is 14.6 Å². The number of pyridine rings is 1. The molecule has 1 aliphatic rings. The van der Waals surface area contributed by atoms with E-state index < -0.39 is 11.9 Å². The van der Waals surface area contributed by atoms with Gasteiger partial charge >= 0.3 is 5.97 Å². The lowest BCUT2D eigenvalue weighted by Crippen LogP contribution is -2.24. The summed E-state index contributed by atoms with van der Waals surface area (Å²) >= 11 is 0. The second-order valence-corrected chi connectivity index (χ2v) is 10.3.